The minimum atomic E-state index is -0.332. The van der Waals surface area contributed by atoms with E-state index in [1.165, 1.54) is 21.2 Å². The maximum absolute atomic E-state index is 13.4. The lowest BCUT2D eigenvalue weighted by atomic mass is 10.0. The fourth-order valence-electron chi connectivity index (χ4n) is 4.43. The second-order valence-corrected chi connectivity index (χ2v) is 10.6. The van der Waals surface area contributed by atoms with Gasteiger partial charge in [0.25, 0.3) is 11.5 Å². The molecule has 2 aliphatic rings. The predicted octanol–water partition coefficient (Wildman–Crippen LogP) is 3.76. The van der Waals surface area contributed by atoms with E-state index in [-0.39, 0.29) is 23.6 Å². The van der Waals surface area contributed by atoms with Crippen LogP contribution in [0.15, 0.2) is 34.0 Å². The summed E-state index contributed by atoms with van der Waals surface area (Å²) in [5, 5.41) is 10.3. The third-order valence-corrected chi connectivity index (χ3v) is 8.27. The molecule has 0 unspecified atom stereocenters. The molecule has 0 saturated carbocycles. The first-order chi connectivity index (χ1) is 16.8. The van der Waals surface area contributed by atoms with Crippen LogP contribution in [-0.2, 0) is 18.4 Å². The van der Waals surface area contributed by atoms with E-state index in [0.29, 0.717) is 25.4 Å². The summed E-state index contributed by atoms with van der Waals surface area (Å²) in [5.41, 5.74) is 1.83. The standard InChI is InChI=1S/C25H26ClN5O2S2/c1-4-29-9-11-30(12-10-29)22-18(16(2)19(14-27)23(32)28(22)3)13-21-24(33)31(25(34)35-21)15-17-7-5-6-8-20(17)26/h5-8,13H,4,9-12,15H2,1-3H3. The quantitative estimate of drug-likeness (QED) is 0.433. The van der Waals surface area contributed by atoms with E-state index in [0.717, 1.165) is 44.1 Å². The average molecular weight is 528 g/mol. The molecule has 4 rings (SSSR count). The van der Waals surface area contributed by atoms with Gasteiger partial charge < -0.3 is 9.80 Å². The molecule has 1 aromatic carbocycles. The third kappa shape index (κ3) is 4.89. The van der Waals surface area contributed by atoms with E-state index in [9.17, 15) is 14.9 Å². The average Bonchev–Trinajstić information content (AvgIpc) is 3.12. The number of thiocarbonyl (C=S) groups is 1. The van der Waals surface area contributed by atoms with Crippen LogP contribution in [0.3, 0.4) is 0 Å². The monoisotopic (exact) mass is 527 g/mol. The Morgan fingerprint density at radius 1 is 1.20 bits per heavy atom. The summed E-state index contributed by atoms with van der Waals surface area (Å²) in [6, 6.07) is 9.42. The lowest BCUT2D eigenvalue weighted by molar-refractivity contribution is -0.122. The van der Waals surface area contributed by atoms with Crippen molar-refractivity contribution in [3.05, 3.63) is 66.8 Å². The molecule has 7 nitrogen and oxygen atoms in total. The highest BCUT2D eigenvalue weighted by Gasteiger charge is 2.33. The van der Waals surface area contributed by atoms with Crippen LogP contribution in [-0.4, -0.2) is 57.3 Å². The molecule has 2 fully saturated rings. The molecule has 3 heterocycles. The summed E-state index contributed by atoms with van der Waals surface area (Å²) in [6.07, 6.45) is 1.78. The summed E-state index contributed by atoms with van der Waals surface area (Å²) >= 11 is 13.1. The van der Waals surface area contributed by atoms with Gasteiger partial charge in [0, 0.05) is 43.8 Å². The minimum Gasteiger partial charge on any atom is -0.355 e. The van der Waals surface area contributed by atoms with Gasteiger partial charge in [0.15, 0.2) is 0 Å². The highest BCUT2D eigenvalue weighted by molar-refractivity contribution is 8.26. The number of pyridine rings is 1. The predicted molar refractivity (Wildman–Crippen MR) is 146 cm³/mol. The van der Waals surface area contributed by atoms with E-state index < -0.39 is 0 Å². The van der Waals surface area contributed by atoms with Gasteiger partial charge in [-0.25, -0.2) is 0 Å². The highest BCUT2D eigenvalue weighted by Crippen LogP contribution is 2.37. The molecule has 0 aliphatic carbocycles. The third-order valence-electron chi connectivity index (χ3n) is 6.52. The smallest absolute Gasteiger partial charge is 0.270 e. The number of rotatable bonds is 5. The molecule has 182 valence electrons. The zero-order valence-corrected chi connectivity index (χ0v) is 22.3. The topological polar surface area (TPSA) is 72.6 Å². The maximum Gasteiger partial charge on any atom is 0.270 e. The number of carbonyl (C=O) groups is 1. The first-order valence-corrected chi connectivity index (χ1v) is 13.0. The van der Waals surface area contributed by atoms with Crippen molar-refractivity contribution >= 4 is 57.7 Å². The number of piperazine rings is 1. The summed E-state index contributed by atoms with van der Waals surface area (Å²) in [5.74, 6) is 0.507. The zero-order chi connectivity index (χ0) is 25.3. The fraction of sp³-hybridized carbons (Fsp3) is 0.360. The number of halogens is 1. The van der Waals surface area contributed by atoms with Gasteiger partial charge in [-0.05, 0) is 36.7 Å². The van der Waals surface area contributed by atoms with E-state index in [1.54, 1.807) is 26.1 Å². The molecular formula is C25H26ClN5O2S2. The van der Waals surface area contributed by atoms with Gasteiger partial charge in [-0.1, -0.05) is 60.7 Å². The molecule has 0 N–H and O–H groups in total. The van der Waals surface area contributed by atoms with Crippen molar-refractivity contribution in [3.8, 4) is 6.07 Å². The summed E-state index contributed by atoms with van der Waals surface area (Å²) < 4.78 is 1.98. The molecular weight excluding hydrogens is 502 g/mol. The molecule has 1 amide bonds. The number of hydrogen-bond acceptors (Lipinski definition) is 7. The van der Waals surface area contributed by atoms with E-state index >= 15 is 0 Å². The van der Waals surface area contributed by atoms with E-state index in [4.69, 9.17) is 23.8 Å². The van der Waals surface area contributed by atoms with Gasteiger partial charge in [-0.2, -0.15) is 5.26 Å². The van der Waals surface area contributed by atoms with Crippen molar-refractivity contribution in [3.63, 3.8) is 0 Å². The Morgan fingerprint density at radius 3 is 2.51 bits per heavy atom. The molecule has 2 aliphatic heterocycles. The van der Waals surface area contributed by atoms with Crippen molar-refractivity contribution in [2.75, 3.05) is 37.6 Å². The van der Waals surface area contributed by atoms with Crippen molar-refractivity contribution < 1.29 is 4.79 Å². The fourth-order valence-corrected chi connectivity index (χ4v) is 5.87. The SMILES string of the molecule is CCN1CCN(c2c(C=C3SC(=S)N(Cc4ccccc4Cl)C3=O)c(C)c(C#N)c(=O)n2C)CC1. The van der Waals surface area contributed by atoms with Crippen LogP contribution in [0.2, 0.25) is 5.02 Å². The first-order valence-electron chi connectivity index (χ1n) is 11.4. The van der Waals surface area contributed by atoms with Crippen LogP contribution < -0.4 is 10.5 Å². The van der Waals surface area contributed by atoms with Crippen LogP contribution in [0.5, 0.6) is 0 Å². The number of hydrogen-bond donors (Lipinski definition) is 0. The summed E-state index contributed by atoms with van der Waals surface area (Å²) in [6.45, 7) is 8.41. The second-order valence-electron chi connectivity index (χ2n) is 8.49. The highest BCUT2D eigenvalue weighted by atomic mass is 35.5. The molecule has 35 heavy (non-hydrogen) atoms. The van der Waals surface area contributed by atoms with Crippen molar-refractivity contribution in [1.82, 2.24) is 14.4 Å². The van der Waals surface area contributed by atoms with Crippen LogP contribution in [0.25, 0.3) is 6.08 Å². The van der Waals surface area contributed by atoms with Crippen LogP contribution in [0, 0.1) is 18.3 Å². The van der Waals surface area contributed by atoms with Gasteiger partial charge >= 0.3 is 0 Å². The molecule has 1 aromatic heterocycles. The van der Waals surface area contributed by atoms with Gasteiger partial charge in [-0.3, -0.25) is 19.1 Å². The normalized spacial score (nSPS) is 18.0. The molecule has 0 spiro atoms. The van der Waals surface area contributed by atoms with Crippen LogP contribution >= 0.6 is 35.6 Å². The maximum atomic E-state index is 13.4. The van der Waals surface area contributed by atoms with Gasteiger partial charge in [0.05, 0.1) is 11.4 Å². The van der Waals surface area contributed by atoms with Crippen molar-refractivity contribution in [2.24, 2.45) is 7.05 Å². The lowest BCUT2D eigenvalue weighted by Gasteiger charge is -2.37. The molecule has 0 bridgehead atoms. The Morgan fingerprint density at radius 2 is 1.89 bits per heavy atom. The Balaban J connectivity index is 1.76. The number of carbonyl (C=O) groups excluding carboxylic acids is 1. The van der Waals surface area contributed by atoms with Gasteiger partial charge in [-0.15, -0.1) is 0 Å². The number of nitrogens with zero attached hydrogens (tertiary/aromatic N) is 5. The Bertz CT molecular complexity index is 1320. The van der Waals surface area contributed by atoms with E-state index in [2.05, 4.69) is 22.8 Å². The molecule has 2 saturated heterocycles. The number of anilines is 1. The summed E-state index contributed by atoms with van der Waals surface area (Å²) in [7, 11) is 1.68. The zero-order valence-electron chi connectivity index (χ0n) is 19.9. The number of aromatic nitrogens is 1. The minimum absolute atomic E-state index is 0.0845. The Hall–Kier alpha value is -2.64. The van der Waals surface area contributed by atoms with Crippen LogP contribution in [0.4, 0.5) is 5.82 Å². The molecule has 10 heteroatoms. The summed E-state index contributed by atoms with van der Waals surface area (Å²) in [4.78, 5) is 32.9. The number of amides is 1. The number of likely N-dealkylation sites (N-methyl/N-ethyl adjacent to an activating group) is 1. The number of thioether (sulfide) groups is 1. The Kier molecular flexibility index (Phi) is 7.67. The first kappa shape index (κ1) is 25.5. The van der Waals surface area contributed by atoms with Gasteiger partial charge in [0.2, 0.25) is 0 Å². The number of benzene rings is 1. The van der Waals surface area contributed by atoms with Gasteiger partial charge in [0.1, 0.15) is 21.8 Å². The number of nitriles is 1. The second kappa shape index (κ2) is 10.5. The Labute approximate surface area is 219 Å². The molecule has 0 radical (unpaired) electrons. The van der Waals surface area contributed by atoms with Crippen molar-refractivity contribution in [2.45, 2.75) is 20.4 Å². The largest absolute Gasteiger partial charge is 0.355 e. The van der Waals surface area contributed by atoms with Crippen LogP contribution in [0.1, 0.15) is 29.2 Å². The molecule has 0 atom stereocenters. The van der Waals surface area contributed by atoms with Crippen molar-refractivity contribution in [1.29, 1.82) is 5.26 Å². The molecule has 2 aromatic rings. The van der Waals surface area contributed by atoms with E-state index in [1.807, 2.05) is 18.2 Å². The lowest BCUT2D eigenvalue weighted by Crippen LogP contribution is -2.48.